The number of rotatable bonds is 9. The molecule has 0 unspecified atom stereocenters. The monoisotopic (exact) mass is 379 g/mol. The van der Waals surface area contributed by atoms with Crippen molar-refractivity contribution in [2.24, 2.45) is 5.92 Å². The van der Waals surface area contributed by atoms with Crippen LogP contribution < -0.4 is 4.72 Å². The average Bonchev–Trinajstić information content (AvgIpc) is 3.20. The fraction of sp³-hybridized carbons (Fsp3) is 0.526. The molecule has 3 rings (SSSR count). The Hall–Kier alpha value is -1.70. The minimum absolute atomic E-state index is 0.0658. The van der Waals surface area contributed by atoms with Crippen molar-refractivity contribution < 1.29 is 23.1 Å². The molecular formula is C19H25NO5S. The number of ether oxygens (including phenoxy) is 1. The summed E-state index contributed by atoms with van der Waals surface area (Å²) in [6, 6.07) is 8.17. The van der Waals surface area contributed by atoms with Crippen LogP contribution in [0.1, 0.15) is 38.5 Å². The summed E-state index contributed by atoms with van der Waals surface area (Å²) < 4.78 is 34.1. The Labute approximate surface area is 154 Å². The number of hydrogen-bond donors (Lipinski definition) is 2. The molecule has 2 fully saturated rings. The van der Waals surface area contributed by atoms with E-state index >= 15 is 0 Å². The van der Waals surface area contributed by atoms with Crippen molar-refractivity contribution in [1.29, 1.82) is 0 Å². The molecule has 4 atom stereocenters. The average molecular weight is 379 g/mol. The fourth-order valence-electron chi connectivity index (χ4n) is 3.83. The maximum absolute atomic E-state index is 12.6. The first-order valence-corrected chi connectivity index (χ1v) is 10.6. The van der Waals surface area contributed by atoms with Gasteiger partial charge in [0.15, 0.2) is 0 Å². The maximum atomic E-state index is 12.6. The third-order valence-electron chi connectivity index (χ3n) is 5.11. The highest BCUT2D eigenvalue weighted by atomic mass is 32.2. The van der Waals surface area contributed by atoms with Crippen molar-refractivity contribution >= 4 is 16.0 Å². The van der Waals surface area contributed by atoms with Gasteiger partial charge in [-0.15, -0.1) is 0 Å². The molecule has 0 amide bonds. The van der Waals surface area contributed by atoms with Crippen LogP contribution in [0.2, 0.25) is 0 Å². The van der Waals surface area contributed by atoms with Crippen molar-refractivity contribution in [1.82, 2.24) is 4.72 Å². The van der Waals surface area contributed by atoms with Gasteiger partial charge in [0.05, 0.1) is 23.1 Å². The van der Waals surface area contributed by atoms with Gasteiger partial charge in [0, 0.05) is 12.3 Å². The number of aliphatic carboxylic acids is 1. The lowest BCUT2D eigenvalue weighted by Gasteiger charge is -2.27. The molecule has 1 aromatic carbocycles. The van der Waals surface area contributed by atoms with Crippen molar-refractivity contribution in [2.75, 3.05) is 0 Å². The normalized spacial score (nSPS) is 28.0. The van der Waals surface area contributed by atoms with Gasteiger partial charge in [-0.2, -0.15) is 0 Å². The first-order chi connectivity index (χ1) is 12.5. The topological polar surface area (TPSA) is 92.7 Å². The Morgan fingerprint density at radius 1 is 1.19 bits per heavy atom. The Kier molecular flexibility index (Phi) is 6.11. The Morgan fingerprint density at radius 2 is 1.92 bits per heavy atom. The highest BCUT2D eigenvalue weighted by Crippen LogP contribution is 2.41. The predicted octanol–water partition coefficient (Wildman–Crippen LogP) is 2.71. The minimum Gasteiger partial charge on any atom is -0.481 e. The molecule has 2 saturated heterocycles. The lowest BCUT2D eigenvalue weighted by atomic mass is 9.83. The number of allylic oxidation sites excluding steroid dienone is 2. The largest absolute Gasteiger partial charge is 0.481 e. The van der Waals surface area contributed by atoms with E-state index in [1.165, 1.54) is 0 Å². The highest BCUT2D eigenvalue weighted by Gasteiger charge is 2.49. The molecule has 2 heterocycles. The van der Waals surface area contributed by atoms with E-state index in [0.29, 0.717) is 12.8 Å². The number of carbonyl (C=O) groups is 1. The van der Waals surface area contributed by atoms with Crippen LogP contribution in [0.25, 0.3) is 0 Å². The van der Waals surface area contributed by atoms with Gasteiger partial charge < -0.3 is 9.84 Å². The van der Waals surface area contributed by atoms with Crippen molar-refractivity contribution in [3.8, 4) is 0 Å². The Balaban J connectivity index is 1.60. The summed E-state index contributed by atoms with van der Waals surface area (Å²) in [6.07, 6.45) is 8.11. The van der Waals surface area contributed by atoms with Crippen molar-refractivity contribution in [3.05, 3.63) is 42.5 Å². The number of benzene rings is 1. The zero-order valence-corrected chi connectivity index (χ0v) is 15.4. The van der Waals surface area contributed by atoms with E-state index < -0.39 is 16.0 Å². The molecule has 2 aliphatic rings. The van der Waals surface area contributed by atoms with Crippen LogP contribution in [0, 0.1) is 5.92 Å². The van der Waals surface area contributed by atoms with Crippen LogP contribution in [0.3, 0.4) is 0 Å². The van der Waals surface area contributed by atoms with E-state index in [-0.39, 0.29) is 35.5 Å². The molecule has 2 bridgehead atoms. The third kappa shape index (κ3) is 4.52. The molecule has 26 heavy (non-hydrogen) atoms. The fourth-order valence-corrected chi connectivity index (χ4v) is 5.16. The van der Waals surface area contributed by atoms with E-state index in [4.69, 9.17) is 9.84 Å². The smallest absolute Gasteiger partial charge is 0.303 e. The number of fused-ring (bicyclic) bond motifs is 2. The van der Waals surface area contributed by atoms with Gasteiger partial charge in [0.1, 0.15) is 0 Å². The quantitative estimate of drug-likeness (QED) is 0.508. The summed E-state index contributed by atoms with van der Waals surface area (Å²) in [7, 11) is -3.57. The third-order valence-corrected chi connectivity index (χ3v) is 6.58. The first kappa shape index (κ1) is 19.1. The number of nitrogens with one attached hydrogen (secondary N) is 1. The zero-order chi connectivity index (χ0) is 18.6. The van der Waals surface area contributed by atoms with Crippen LogP contribution in [0.15, 0.2) is 47.4 Å². The van der Waals surface area contributed by atoms with Gasteiger partial charge in [0.2, 0.25) is 10.0 Å². The van der Waals surface area contributed by atoms with Gasteiger partial charge in [0.25, 0.3) is 0 Å². The van der Waals surface area contributed by atoms with Gasteiger partial charge in [-0.1, -0.05) is 30.4 Å². The van der Waals surface area contributed by atoms with Gasteiger partial charge >= 0.3 is 5.97 Å². The van der Waals surface area contributed by atoms with E-state index in [0.717, 1.165) is 19.3 Å². The molecule has 6 nitrogen and oxygen atoms in total. The van der Waals surface area contributed by atoms with Crippen LogP contribution in [0.5, 0.6) is 0 Å². The summed E-state index contributed by atoms with van der Waals surface area (Å²) in [5, 5.41) is 8.65. The molecule has 0 aliphatic carbocycles. The number of hydrogen-bond acceptors (Lipinski definition) is 4. The molecule has 1 aromatic rings. The summed E-state index contributed by atoms with van der Waals surface area (Å²) in [6.45, 7) is 0. The van der Waals surface area contributed by atoms with Crippen LogP contribution in [0.4, 0.5) is 0 Å². The van der Waals surface area contributed by atoms with Crippen LogP contribution in [-0.2, 0) is 19.6 Å². The van der Waals surface area contributed by atoms with E-state index in [1.54, 1.807) is 30.3 Å². The molecule has 0 radical (unpaired) electrons. The second-order valence-electron chi connectivity index (χ2n) is 6.91. The zero-order valence-electron chi connectivity index (χ0n) is 14.6. The summed E-state index contributed by atoms with van der Waals surface area (Å²) in [5.74, 6) is -0.668. The second kappa shape index (κ2) is 8.33. The van der Waals surface area contributed by atoms with E-state index in [9.17, 15) is 13.2 Å². The number of carboxylic acid groups (broad SMARTS) is 1. The van der Waals surface area contributed by atoms with Crippen molar-refractivity contribution in [3.63, 3.8) is 0 Å². The SMILES string of the molecule is O=C(O)CCCC=CC[C@@H]1[C@@H](NS(=O)(=O)c2ccccc2)[C@@H]2CC[C@H]1O2. The molecule has 0 aromatic heterocycles. The number of sulfonamides is 1. The number of unbranched alkanes of at least 4 members (excludes halogenated alkanes) is 1. The van der Waals surface area contributed by atoms with Gasteiger partial charge in [-0.25, -0.2) is 13.1 Å². The first-order valence-electron chi connectivity index (χ1n) is 9.07. The maximum Gasteiger partial charge on any atom is 0.303 e. The van der Waals surface area contributed by atoms with Gasteiger partial charge in [-0.05, 0) is 44.2 Å². The highest BCUT2D eigenvalue weighted by molar-refractivity contribution is 7.89. The van der Waals surface area contributed by atoms with E-state index in [1.807, 2.05) is 12.2 Å². The lowest BCUT2D eigenvalue weighted by molar-refractivity contribution is -0.137. The second-order valence-corrected chi connectivity index (χ2v) is 8.62. The summed E-state index contributed by atoms with van der Waals surface area (Å²) >= 11 is 0. The lowest BCUT2D eigenvalue weighted by Crippen LogP contribution is -2.46. The van der Waals surface area contributed by atoms with Crippen molar-refractivity contribution in [2.45, 2.75) is 61.7 Å². The summed E-state index contributed by atoms with van der Waals surface area (Å²) in [5.41, 5.74) is 0. The predicted molar refractivity (Wildman–Crippen MR) is 97.2 cm³/mol. The number of carboxylic acids is 1. The Morgan fingerprint density at radius 3 is 2.65 bits per heavy atom. The van der Waals surface area contributed by atoms with Gasteiger partial charge in [-0.3, -0.25) is 4.79 Å². The standard InChI is InChI=1S/C19H25NO5S/c21-18(22)11-7-2-1-6-10-15-16-12-13-17(25-16)19(15)20-26(23,24)14-8-4-3-5-9-14/h1,3-6,8-9,15-17,19-20H,2,7,10-13H2,(H,21,22)/t15-,16+,17-,19+/m0/s1. The molecular weight excluding hydrogens is 354 g/mol. The molecule has 142 valence electrons. The van der Waals surface area contributed by atoms with Crippen LogP contribution in [-0.4, -0.2) is 37.7 Å². The van der Waals surface area contributed by atoms with Crippen LogP contribution >= 0.6 is 0 Å². The molecule has 2 N–H and O–H groups in total. The molecule has 7 heteroatoms. The Bertz CT molecular complexity index is 746. The molecule has 2 aliphatic heterocycles. The molecule has 0 spiro atoms. The summed E-state index contributed by atoms with van der Waals surface area (Å²) in [4.78, 5) is 10.8. The molecule has 0 saturated carbocycles. The minimum atomic E-state index is -3.57. The van der Waals surface area contributed by atoms with E-state index in [2.05, 4.69) is 4.72 Å².